The molecule has 0 heterocycles. The van der Waals surface area contributed by atoms with Gasteiger partial charge in [-0.3, -0.25) is 4.18 Å². The molecule has 0 radical (unpaired) electrons. The molecule has 1 saturated carbocycles. The van der Waals surface area contributed by atoms with Crippen LogP contribution < -0.4 is 0 Å². The topological polar surface area (TPSA) is 76.4 Å². The highest BCUT2D eigenvalue weighted by Gasteiger charge is 2.26. The van der Waals surface area contributed by atoms with Crippen molar-refractivity contribution in [3.8, 4) is 6.07 Å². The van der Waals surface area contributed by atoms with E-state index in [4.69, 9.17) is 14.2 Å². The molecule has 0 aliphatic heterocycles. The lowest BCUT2D eigenvalue weighted by atomic mass is 9.95. The van der Waals surface area contributed by atoms with E-state index >= 15 is 0 Å². The van der Waals surface area contributed by atoms with E-state index in [2.05, 4.69) is 0 Å². The number of nitriles is 1. The quantitative estimate of drug-likeness (QED) is 0.777. The average molecular weight is 327 g/mol. The predicted octanol–water partition coefficient (Wildman–Crippen LogP) is 2.50. The molecule has 0 amide bonds. The van der Waals surface area contributed by atoms with Crippen molar-refractivity contribution in [3.63, 3.8) is 0 Å². The van der Waals surface area contributed by atoms with Crippen molar-refractivity contribution in [1.29, 1.82) is 5.26 Å². The van der Waals surface area contributed by atoms with Crippen LogP contribution in [0, 0.1) is 17.1 Å². The molecular weight excluding hydrogens is 309 g/mol. The smallest absolute Gasteiger partial charge is 0.264 e. The van der Waals surface area contributed by atoms with E-state index in [0.29, 0.717) is 18.4 Å². The number of ether oxygens (including phenoxy) is 1. The summed E-state index contributed by atoms with van der Waals surface area (Å²) in [5.74, 6) is -0.473. The minimum Gasteiger partial charge on any atom is -0.373 e. The van der Waals surface area contributed by atoms with Gasteiger partial charge in [0.15, 0.2) is 0 Å². The molecule has 7 heteroatoms. The lowest BCUT2D eigenvalue weighted by Gasteiger charge is -2.28. The molecule has 1 aliphatic carbocycles. The van der Waals surface area contributed by atoms with Crippen LogP contribution in [-0.2, 0) is 25.6 Å². The van der Waals surface area contributed by atoms with E-state index < -0.39 is 15.9 Å². The van der Waals surface area contributed by atoms with Crippen LogP contribution in [0.2, 0.25) is 0 Å². The molecule has 0 aromatic heterocycles. The van der Waals surface area contributed by atoms with Crippen molar-refractivity contribution in [2.45, 2.75) is 44.5 Å². The van der Waals surface area contributed by atoms with Gasteiger partial charge in [-0.15, -0.1) is 0 Å². The van der Waals surface area contributed by atoms with Crippen molar-refractivity contribution in [1.82, 2.24) is 0 Å². The summed E-state index contributed by atoms with van der Waals surface area (Å²) in [5, 5.41) is 8.70. The number of hydrogen-bond donors (Lipinski definition) is 0. The molecule has 2 rings (SSSR count). The second-order valence-electron chi connectivity index (χ2n) is 5.44. The fraction of sp³-hybridized carbons (Fsp3) is 0.533. The molecule has 1 aromatic rings. The van der Waals surface area contributed by atoms with Crippen molar-refractivity contribution < 1.29 is 21.7 Å². The van der Waals surface area contributed by atoms with Crippen LogP contribution in [0.25, 0.3) is 0 Å². The first kappa shape index (κ1) is 16.9. The fourth-order valence-corrected chi connectivity index (χ4v) is 3.20. The first-order valence-electron chi connectivity index (χ1n) is 7.06. The first-order valence-corrected chi connectivity index (χ1v) is 8.87. The molecule has 1 aliphatic rings. The molecule has 0 spiro atoms. The third-order valence-corrected chi connectivity index (χ3v) is 4.17. The van der Waals surface area contributed by atoms with Crippen LogP contribution in [0.4, 0.5) is 4.39 Å². The third-order valence-electron chi connectivity index (χ3n) is 3.55. The van der Waals surface area contributed by atoms with E-state index in [1.807, 2.05) is 6.07 Å². The van der Waals surface area contributed by atoms with Crippen molar-refractivity contribution in [2.75, 3.05) is 6.26 Å². The number of benzene rings is 1. The Morgan fingerprint density at radius 3 is 2.73 bits per heavy atom. The Kier molecular flexibility index (Phi) is 5.51. The van der Waals surface area contributed by atoms with Gasteiger partial charge in [-0.2, -0.15) is 13.7 Å². The Morgan fingerprint density at radius 2 is 2.09 bits per heavy atom. The van der Waals surface area contributed by atoms with E-state index in [9.17, 15) is 12.8 Å². The van der Waals surface area contributed by atoms with Gasteiger partial charge < -0.3 is 4.74 Å². The minimum atomic E-state index is -3.47. The van der Waals surface area contributed by atoms with Crippen molar-refractivity contribution >= 4 is 10.1 Å². The lowest BCUT2D eigenvalue weighted by Crippen LogP contribution is -2.29. The van der Waals surface area contributed by atoms with Crippen molar-refractivity contribution in [3.05, 3.63) is 35.1 Å². The zero-order valence-electron chi connectivity index (χ0n) is 12.3. The summed E-state index contributed by atoms with van der Waals surface area (Å²) >= 11 is 0. The van der Waals surface area contributed by atoms with Gasteiger partial charge in [0.1, 0.15) is 5.82 Å². The summed E-state index contributed by atoms with van der Waals surface area (Å²) in [6.07, 6.45) is 3.25. The van der Waals surface area contributed by atoms with Gasteiger partial charge >= 0.3 is 0 Å². The third kappa shape index (κ3) is 5.05. The molecule has 0 saturated heterocycles. The molecule has 0 bridgehead atoms. The lowest BCUT2D eigenvalue weighted by molar-refractivity contribution is -0.0155. The van der Waals surface area contributed by atoms with Crippen LogP contribution in [0.3, 0.4) is 0 Å². The van der Waals surface area contributed by atoms with Crippen molar-refractivity contribution in [2.24, 2.45) is 0 Å². The highest BCUT2D eigenvalue weighted by molar-refractivity contribution is 7.86. The largest absolute Gasteiger partial charge is 0.373 e. The Bertz CT molecular complexity index is 669. The van der Waals surface area contributed by atoms with Gasteiger partial charge in [0, 0.05) is 12.0 Å². The van der Waals surface area contributed by atoms with Gasteiger partial charge in [0.2, 0.25) is 0 Å². The maximum absolute atomic E-state index is 13.8. The highest BCUT2D eigenvalue weighted by atomic mass is 32.2. The second-order valence-corrected chi connectivity index (χ2v) is 7.04. The molecule has 2 unspecified atom stereocenters. The minimum absolute atomic E-state index is 0.0911. The summed E-state index contributed by atoms with van der Waals surface area (Å²) < 4.78 is 46.7. The maximum Gasteiger partial charge on any atom is 0.264 e. The van der Waals surface area contributed by atoms with E-state index in [0.717, 1.165) is 19.1 Å². The molecule has 1 aromatic carbocycles. The summed E-state index contributed by atoms with van der Waals surface area (Å²) in [6.45, 7) is 0.0911. The normalized spacial score (nSPS) is 22.2. The van der Waals surface area contributed by atoms with Crippen LogP contribution >= 0.6 is 0 Å². The first-order chi connectivity index (χ1) is 10.4. The van der Waals surface area contributed by atoms with Crippen LogP contribution in [0.5, 0.6) is 0 Å². The number of rotatable bonds is 5. The number of nitrogens with zero attached hydrogens (tertiary/aromatic N) is 1. The van der Waals surface area contributed by atoms with Gasteiger partial charge in [0.25, 0.3) is 10.1 Å². The summed E-state index contributed by atoms with van der Waals surface area (Å²) in [6, 6.07) is 6.12. The summed E-state index contributed by atoms with van der Waals surface area (Å²) in [5.41, 5.74) is 0.644. The van der Waals surface area contributed by atoms with Crippen LogP contribution in [0.15, 0.2) is 18.2 Å². The summed E-state index contributed by atoms with van der Waals surface area (Å²) in [7, 11) is -3.47. The number of hydrogen-bond acceptors (Lipinski definition) is 5. The van der Waals surface area contributed by atoms with Gasteiger partial charge in [0.05, 0.1) is 36.7 Å². The SMILES string of the molecule is CS(=O)(=O)OC1CCCC(OCc2ccc(C#N)cc2F)C1. The molecule has 0 N–H and O–H groups in total. The van der Waals surface area contributed by atoms with E-state index in [1.54, 1.807) is 0 Å². The van der Waals surface area contributed by atoms with Gasteiger partial charge in [-0.25, -0.2) is 4.39 Å². The zero-order valence-corrected chi connectivity index (χ0v) is 13.1. The van der Waals surface area contributed by atoms with E-state index in [-0.39, 0.29) is 24.4 Å². The molecule has 2 atom stereocenters. The summed E-state index contributed by atoms with van der Waals surface area (Å²) in [4.78, 5) is 0. The molecular formula is C15H18FNO4S. The van der Waals surface area contributed by atoms with Gasteiger partial charge in [-0.05, 0) is 31.4 Å². The molecule has 22 heavy (non-hydrogen) atoms. The zero-order chi connectivity index (χ0) is 16.2. The molecule has 5 nitrogen and oxygen atoms in total. The molecule has 1 fully saturated rings. The standard InChI is InChI=1S/C15H18FNO4S/c1-22(18,19)21-14-4-2-3-13(8-14)20-10-12-6-5-11(9-17)7-15(12)16/h5-7,13-14H,2-4,8,10H2,1H3. The monoisotopic (exact) mass is 327 g/mol. The second kappa shape index (κ2) is 7.18. The Morgan fingerprint density at radius 1 is 1.36 bits per heavy atom. The maximum atomic E-state index is 13.8. The Balaban J connectivity index is 1.90. The van der Waals surface area contributed by atoms with Crippen LogP contribution in [0.1, 0.15) is 36.8 Å². The Labute approximate surface area is 129 Å². The van der Waals surface area contributed by atoms with Gasteiger partial charge in [-0.1, -0.05) is 6.07 Å². The Hall–Kier alpha value is -1.49. The van der Waals surface area contributed by atoms with E-state index in [1.165, 1.54) is 18.2 Å². The highest BCUT2D eigenvalue weighted by Crippen LogP contribution is 2.25. The number of halogens is 1. The van der Waals surface area contributed by atoms with Crippen LogP contribution in [-0.4, -0.2) is 26.9 Å². The average Bonchev–Trinajstić information content (AvgIpc) is 2.44. The fourth-order valence-electron chi connectivity index (χ4n) is 2.53. The molecule has 120 valence electrons. The predicted molar refractivity (Wildman–Crippen MR) is 77.9 cm³/mol.